The third kappa shape index (κ3) is 3.59. The number of rotatable bonds is 3. The first-order chi connectivity index (χ1) is 12.7. The van der Waals surface area contributed by atoms with Gasteiger partial charge in [0.25, 0.3) is 0 Å². The highest BCUT2D eigenvalue weighted by molar-refractivity contribution is 6.30. The molecule has 2 amide bonds. The molecular formula is C20H21ClN4O. The van der Waals surface area contributed by atoms with Crippen LogP contribution in [0.2, 0.25) is 5.02 Å². The molecule has 0 aromatic heterocycles. The fraction of sp³-hybridized carbons (Fsp3) is 0.300. The molecule has 1 atom stereocenters. The molecule has 1 saturated heterocycles. The maximum atomic E-state index is 12.7. The number of urea groups is 1. The van der Waals surface area contributed by atoms with E-state index in [-0.39, 0.29) is 11.9 Å². The minimum Gasteiger partial charge on any atom is -0.269 e. The summed E-state index contributed by atoms with van der Waals surface area (Å²) in [6.45, 7) is 2.33. The Morgan fingerprint density at radius 2 is 1.73 bits per heavy atom. The number of hydrazine groups is 1. The molecule has 1 N–H and O–H groups in total. The van der Waals surface area contributed by atoms with Crippen LogP contribution in [0.4, 0.5) is 4.79 Å². The number of hydrogen-bond donors (Lipinski definition) is 1. The minimum absolute atomic E-state index is 0.0432. The number of amides is 2. The Morgan fingerprint density at radius 3 is 2.42 bits per heavy atom. The first-order valence-electron chi connectivity index (χ1n) is 8.93. The second-order valence-corrected chi connectivity index (χ2v) is 7.09. The molecule has 4 rings (SSSR count). The van der Waals surface area contributed by atoms with Crippen LogP contribution in [0, 0.1) is 0 Å². The SMILES string of the molecule is O=C(NN1CCCC1)N1CC(c2ccccc2)C(c2ccc(Cl)cc2)=N1. The second-order valence-electron chi connectivity index (χ2n) is 6.65. The third-order valence-electron chi connectivity index (χ3n) is 4.85. The Bertz CT molecular complexity index is 800. The fourth-order valence-electron chi connectivity index (χ4n) is 3.48. The van der Waals surface area contributed by atoms with Crippen molar-refractivity contribution < 1.29 is 4.79 Å². The zero-order valence-corrected chi connectivity index (χ0v) is 15.2. The van der Waals surface area contributed by atoms with E-state index in [4.69, 9.17) is 11.6 Å². The topological polar surface area (TPSA) is 47.9 Å². The maximum Gasteiger partial charge on any atom is 0.352 e. The molecule has 0 saturated carbocycles. The number of hydrogen-bond acceptors (Lipinski definition) is 3. The maximum absolute atomic E-state index is 12.7. The van der Waals surface area contributed by atoms with Crippen molar-refractivity contribution in [2.45, 2.75) is 18.8 Å². The molecule has 1 fully saturated rings. The standard InChI is InChI=1S/C20H21ClN4O/c21-17-10-8-16(9-11-17)19-18(15-6-2-1-3-7-15)14-25(22-19)20(26)23-24-12-4-5-13-24/h1-3,6-11,18H,4-5,12-14H2,(H,23,26). The summed E-state index contributed by atoms with van der Waals surface area (Å²) in [5, 5.41) is 8.85. The Kier molecular flexibility index (Phi) is 4.91. The van der Waals surface area contributed by atoms with Crippen LogP contribution >= 0.6 is 11.6 Å². The van der Waals surface area contributed by atoms with Gasteiger partial charge in [-0.2, -0.15) is 5.10 Å². The molecule has 134 valence electrons. The predicted octanol–water partition coefficient (Wildman–Crippen LogP) is 3.86. The summed E-state index contributed by atoms with van der Waals surface area (Å²) in [7, 11) is 0. The van der Waals surface area contributed by atoms with E-state index in [0.29, 0.717) is 11.6 Å². The van der Waals surface area contributed by atoms with Crippen molar-refractivity contribution in [3.8, 4) is 0 Å². The van der Waals surface area contributed by atoms with Crippen molar-refractivity contribution in [2.75, 3.05) is 19.6 Å². The Hall–Kier alpha value is -2.37. The summed E-state index contributed by atoms with van der Waals surface area (Å²) in [5.41, 5.74) is 6.00. The van der Waals surface area contributed by atoms with Crippen LogP contribution in [0.25, 0.3) is 0 Å². The lowest BCUT2D eigenvalue weighted by Crippen LogP contribution is -2.45. The smallest absolute Gasteiger partial charge is 0.269 e. The summed E-state index contributed by atoms with van der Waals surface area (Å²) in [5.74, 6) is 0.0432. The van der Waals surface area contributed by atoms with Crippen molar-refractivity contribution in [3.05, 3.63) is 70.7 Å². The van der Waals surface area contributed by atoms with E-state index in [1.807, 2.05) is 47.5 Å². The Balaban J connectivity index is 1.61. The van der Waals surface area contributed by atoms with Gasteiger partial charge in [-0.05, 0) is 36.1 Å². The van der Waals surface area contributed by atoms with Gasteiger partial charge in [0, 0.05) is 24.0 Å². The summed E-state index contributed by atoms with van der Waals surface area (Å²) in [4.78, 5) is 12.7. The van der Waals surface area contributed by atoms with Crippen molar-refractivity contribution in [3.63, 3.8) is 0 Å². The molecule has 0 spiro atoms. The van der Waals surface area contributed by atoms with Crippen LogP contribution in [0.1, 0.15) is 29.9 Å². The average molecular weight is 369 g/mol. The van der Waals surface area contributed by atoms with Gasteiger partial charge in [0.15, 0.2) is 0 Å². The molecule has 2 aromatic carbocycles. The van der Waals surface area contributed by atoms with Gasteiger partial charge in [0.05, 0.1) is 12.3 Å². The molecular weight excluding hydrogens is 348 g/mol. The number of nitrogens with zero attached hydrogens (tertiary/aromatic N) is 3. The number of carbonyl (C=O) groups is 1. The van der Waals surface area contributed by atoms with Gasteiger partial charge < -0.3 is 0 Å². The number of hydrazone groups is 1. The van der Waals surface area contributed by atoms with Crippen LogP contribution in [-0.2, 0) is 0 Å². The molecule has 26 heavy (non-hydrogen) atoms. The van der Waals surface area contributed by atoms with Crippen LogP contribution < -0.4 is 5.43 Å². The quantitative estimate of drug-likeness (QED) is 0.894. The average Bonchev–Trinajstić information content (AvgIpc) is 3.33. The minimum atomic E-state index is -0.170. The van der Waals surface area contributed by atoms with Crippen molar-refractivity contribution in [2.24, 2.45) is 5.10 Å². The Morgan fingerprint density at radius 1 is 1.04 bits per heavy atom. The van der Waals surface area contributed by atoms with Gasteiger partial charge in [0.2, 0.25) is 0 Å². The van der Waals surface area contributed by atoms with E-state index in [1.54, 1.807) is 5.01 Å². The molecule has 0 radical (unpaired) electrons. The van der Waals surface area contributed by atoms with Gasteiger partial charge in [-0.3, -0.25) is 5.43 Å². The first kappa shape index (κ1) is 17.1. The molecule has 5 nitrogen and oxygen atoms in total. The summed E-state index contributed by atoms with van der Waals surface area (Å²) in [6.07, 6.45) is 2.23. The Labute approximate surface area is 158 Å². The highest BCUT2D eigenvalue weighted by Gasteiger charge is 2.33. The first-order valence-corrected chi connectivity index (χ1v) is 9.31. The zero-order chi connectivity index (χ0) is 17.9. The van der Waals surface area contributed by atoms with Gasteiger partial charge in [0.1, 0.15) is 0 Å². The van der Waals surface area contributed by atoms with Gasteiger partial charge >= 0.3 is 6.03 Å². The van der Waals surface area contributed by atoms with Gasteiger partial charge in [-0.25, -0.2) is 14.8 Å². The molecule has 1 unspecified atom stereocenters. The number of carbonyl (C=O) groups excluding carboxylic acids is 1. The molecule has 2 aliphatic rings. The van der Waals surface area contributed by atoms with Crippen molar-refractivity contribution >= 4 is 23.3 Å². The lowest BCUT2D eigenvalue weighted by atomic mass is 9.91. The summed E-state index contributed by atoms with van der Waals surface area (Å²) >= 11 is 6.03. The van der Waals surface area contributed by atoms with E-state index in [1.165, 1.54) is 0 Å². The van der Waals surface area contributed by atoms with Crippen LogP contribution in [0.3, 0.4) is 0 Å². The highest BCUT2D eigenvalue weighted by Crippen LogP contribution is 2.29. The van der Waals surface area contributed by atoms with Crippen molar-refractivity contribution in [1.82, 2.24) is 15.4 Å². The summed E-state index contributed by atoms with van der Waals surface area (Å²) < 4.78 is 0. The molecule has 0 bridgehead atoms. The number of nitrogens with one attached hydrogen (secondary N) is 1. The molecule has 2 heterocycles. The van der Waals surface area contributed by atoms with E-state index in [9.17, 15) is 4.79 Å². The normalized spacial score (nSPS) is 20.3. The molecule has 6 heteroatoms. The van der Waals surface area contributed by atoms with Crippen LogP contribution in [-0.4, -0.2) is 41.4 Å². The van der Waals surface area contributed by atoms with Gasteiger partial charge in [-0.1, -0.05) is 54.1 Å². The molecule has 2 aromatic rings. The van der Waals surface area contributed by atoms with E-state index in [0.717, 1.165) is 42.8 Å². The zero-order valence-electron chi connectivity index (χ0n) is 14.4. The van der Waals surface area contributed by atoms with Crippen LogP contribution in [0.5, 0.6) is 0 Å². The van der Waals surface area contributed by atoms with E-state index >= 15 is 0 Å². The third-order valence-corrected chi connectivity index (χ3v) is 5.10. The predicted molar refractivity (Wildman–Crippen MR) is 103 cm³/mol. The van der Waals surface area contributed by atoms with E-state index in [2.05, 4.69) is 22.7 Å². The fourth-order valence-corrected chi connectivity index (χ4v) is 3.60. The monoisotopic (exact) mass is 368 g/mol. The highest BCUT2D eigenvalue weighted by atomic mass is 35.5. The number of halogens is 1. The largest absolute Gasteiger partial charge is 0.352 e. The second kappa shape index (κ2) is 7.48. The lowest BCUT2D eigenvalue weighted by molar-refractivity contribution is 0.164. The van der Waals surface area contributed by atoms with Crippen LogP contribution in [0.15, 0.2) is 59.7 Å². The number of benzene rings is 2. The van der Waals surface area contributed by atoms with Gasteiger partial charge in [-0.15, -0.1) is 0 Å². The molecule has 0 aliphatic carbocycles. The van der Waals surface area contributed by atoms with E-state index < -0.39 is 0 Å². The summed E-state index contributed by atoms with van der Waals surface area (Å²) in [6, 6.07) is 17.6. The molecule has 2 aliphatic heterocycles. The van der Waals surface area contributed by atoms with Crippen molar-refractivity contribution in [1.29, 1.82) is 0 Å². The lowest BCUT2D eigenvalue weighted by Gasteiger charge is -2.20.